The molecule has 2 heterocycles. The zero-order valence-corrected chi connectivity index (χ0v) is 12.9. The summed E-state index contributed by atoms with van der Waals surface area (Å²) in [5.41, 5.74) is 0. The normalized spacial score (nSPS) is 17.1. The number of anilines is 1. The molecule has 0 bridgehead atoms. The van der Waals surface area contributed by atoms with E-state index in [0.717, 1.165) is 11.6 Å². The van der Waals surface area contributed by atoms with E-state index in [-0.39, 0.29) is 0 Å². The second-order valence-corrected chi connectivity index (χ2v) is 5.33. The van der Waals surface area contributed by atoms with Crippen LogP contribution in [0.2, 0.25) is 0 Å². The van der Waals surface area contributed by atoms with Gasteiger partial charge in [-0.05, 0) is 39.7 Å². The fraction of sp³-hybridized carbons (Fsp3) is 0.733. The standard InChI is InChI=1S/C15H26N4O/c1-4-8-19-9-6-13(7-10-19)18-14-11-15(20-5-2)17-12(3)16-14/h11,13H,4-10H2,1-3H3,(H,16,17,18). The lowest BCUT2D eigenvalue weighted by Gasteiger charge is -2.32. The molecule has 0 amide bonds. The van der Waals surface area contributed by atoms with Gasteiger partial charge in [-0.2, -0.15) is 4.98 Å². The summed E-state index contributed by atoms with van der Waals surface area (Å²) in [6.45, 7) is 10.3. The van der Waals surface area contributed by atoms with Crippen LogP contribution in [-0.4, -0.2) is 47.2 Å². The molecule has 0 unspecified atom stereocenters. The molecule has 2 rings (SSSR count). The largest absolute Gasteiger partial charge is 0.478 e. The third kappa shape index (κ3) is 4.34. The van der Waals surface area contributed by atoms with Gasteiger partial charge in [0.1, 0.15) is 11.6 Å². The Hall–Kier alpha value is -1.36. The summed E-state index contributed by atoms with van der Waals surface area (Å²) in [5.74, 6) is 2.29. The van der Waals surface area contributed by atoms with E-state index < -0.39 is 0 Å². The van der Waals surface area contributed by atoms with Crippen LogP contribution in [0.3, 0.4) is 0 Å². The van der Waals surface area contributed by atoms with Gasteiger partial charge in [0.05, 0.1) is 6.61 Å². The van der Waals surface area contributed by atoms with E-state index in [1.165, 1.54) is 38.9 Å². The molecule has 0 spiro atoms. The molecule has 1 N–H and O–H groups in total. The lowest BCUT2D eigenvalue weighted by atomic mass is 10.0. The van der Waals surface area contributed by atoms with Gasteiger partial charge in [-0.15, -0.1) is 0 Å². The first-order chi connectivity index (χ1) is 9.71. The minimum Gasteiger partial charge on any atom is -0.478 e. The summed E-state index contributed by atoms with van der Waals surface area (Å²) < 4.78 is 5.47. The first kappa shape index (κ1) is 15.0. The monoisotopic (exact) mass is 278 g/mol. The van der Waals surface area contributed by atoms with Crippen LogP contribution in [0.5, 0.6) is 5.88 Å². The Morgan fingerprint density at radius 1 is 1.30 bits per heavy atom. The van der Waals surface area contributed by atoms with Gasteiger partial charge >= 0.3 is 0 Å². The summed E-state index contributed by atoms with van der Waals surface area (Å²) in [4.78, 5) is 11.3. The number of hydrogen-bond donors (Lipinski definition) is 1. The SMILES string of the molecule is CCCN1CCC(Nc2cc(OCC)nc(C)n2)CC1. The summed E-state index contributed by atoms with van der Waals surface area (Å²) in [6, 6.07) is 2.40. The van der Waals surface area contributed by atoms with Gasteiger partial charge in [0.2, 0.25) is 5.88 Å². The summed E-state index contributed by atoms with van der Waals surface area (Å²) in [7, 11) is 0. The minimum atomic E-state index is 0.506. The molecular formula is C15H26N4O. The molecule has 0 atom stereocenters. The van der Waals surface area contributed by atoms with E-state index in [1.54, 1.807) is 0 Å². The molecule has 5 nitrogen and oxygen atoms in total. The van der Waals surface area contributed by atoms with E-state index in [1.807, 2.05) is 19.9 Å². The molecule has 1 aromatic rings. The van der Waals surface area contributed by atoms with Gasteiger partial charge in [0.15, 0.2) is 0 Å². The van der Waals surface area contributed by atoms with Crippen molar-refractivity contribution >= 4 is 5.82 Å². The maximum Gasteiger partial charge on any atom is 0.218 e. The molecule has 0 aromatic carbocycles. The van der Waals surface area contributed by atoms with Gasteiger partial charge < -0.3 is 15.0 Å². The Balaban J connectivity index is 1.90. The topological polar surface area (TPSA) is 50.3 Å². The van der Waals surface area contributed by atoms with Crippen molar-refractivity contribution < 1.29 is 4.74 Å². The van der Waals surface area contributed by atoms with Crippen LogP contribution in [0.4, 0.5) is 5.82 Å². The highest BCUT2D eigenvalue weighted by molar-refractivity contribution is 5.39. The lowest BCUT2D eigenvalue weighted by molar-refractivity contribution is 0.219. The van der Waals surface area contributed by atoms with Crippen LogP contribution in [0.15, 0.2) is 6.07 Å². The molecule has 1 fully saturated rings. The Bertz CT molecular complexity index is 416. The highest BCUT2D eigenvalue weighted by Crippen LogP contribution is 2.18. The molecule has 0 radical (unpaired) electrons. The number of ether oxygens (including phenoxy) is 1. The highest BCUT2D eigenvalue weighted by atomic mass is 16.5. The molecule has 1 aromatic heterocycles. The molecule has 5 heteroatoms. The molecule has 1 aliphatic heterocycles. The van der Waals surface area contributed by atoms with Crippen LogP contribution >= 0.6 is 0 Å². The van der Waals surface area contributed by atoms with Gasteiger partial charge in [0, 0.05) is 25.2 Å². The molecule has 1 aliphatic rings. The molecule has 20 heavy (non-hydrogen) atoms. The van der Waals surface area contributed by atoms with E-state index in [9.17, 15) is 0 Å². The van der Waals surface area contributed by atoms with E-state index in [0.29, 0.717) is 18.5 Å². The van der Waals surface area contributed by atoms with Gasteiger partial charge in [-0.3, -0.25) is 0 Å². The average molecular weight is 278 g/mol. The van der Waals surface area contributed by atoms with Crippen molar-refractivity contribution in [2.45, 2.75) is 46.1 Å². The average Bonchev–Trinajstić information content (AvgIpc) is 2.41. The minimum absolute atomic E-state index is 0.506. The van der Waals surface area contributed by atoms with Crippen molar-refractivity contribution in [2.24, 2.45) is 0 Å². The van der Waals surface area contributed by atoms with E-state index in [2.05, 4.69) is 27.1 Å². The second-order valence-electron chi connectivity index (χ2n) is 5.33. The summed E-state index contributed by atoms with van der Waals surface area (Å²) >= 11 is 0. The third-order valence-corrected chi connectivity index (χ3v) is 3.59. The van der Waals surface area contributed by atoms with Crippen LogP contribution in [0.1, 0.15) is 38.9 Å². The Labute approximate surface area is 121 Å². The van der Waals surface area contributed by atoms with Gasteiger partial charge in [-0.25, -0.2) is 4.98 Å². The summed E-state index contributed by atoms with van der Waals surface area (Å²) in [5, 5.41) is 3.53. The van der Waals surface area contributed by atoms with Crippen molar-refractivity contribution in [3.05, 3.63) is 11.9 Å². The first-order valence-corrected chi connectivity index (χ1v) is 7.68. The van der Waals surface area contributed by atoms with Crippen LogP contribution in [0.25, 0.3) is 0 Å². The van der Waals surface area contributed by atoms with Gasteiger partial charge in [0.25, 0.3) is 0 Å². The zero-order chi connectivity index (χ0) is 14.4. The predicted molar refractivity (Wildman–Crippen MR) is 81.3 cm³/mol. The lowest BCUT2D eigenvalue weighted by Crippen LogP contribution is -2.39. The van der Waals surface area contributed by atoms with Gasteiger partial charge in [-0.1, -0.05) is 6.92 Å². The zero-order valence-electron chi connectivity index (χ0n) is 12.9. The summed E-state index contributed by atoms with van der Waals surface area (Å²) in [6.07, 6.45) is 3.58. The number of nitrogens with one attached hydrogen (secondary N) is 1. The first-order valence-electron chi connectivity index (χ1n) is 7.68. The second kappa shape index (κ2) is 7.43. The predicted octanol–water partition coefficient (Wildman–Crippen LogP) is 2.47. The van der Waals surface area contributed by atoms with Crippen molar-refractivity contribution in [1.29, 1.82) is 0 Å². The van der Waals surface area contributed by atoms with Crippen LogP contribution in [-0.2, 0) is 0 Å². The third-order valence-electron chi connectivity index (χ3n) is 3.59. The molecule has 0 aliphatic carbocycles. The fourth-order valence-electron chi connectivity index (χ4n) is 2.66. The fourth-order valence-corrected chi connectivity index (χ4v) is 2.66. The number of likely N-dealkylation sites (tertiary alicyclic amines) is 1. The molecule has 112 valence electrons. The van der Waals surface area contributed by atoms with Crippen LogP contribution < -0.4 is 10.1 Å². The number of hydrogen-bond acceptors (Lipinski definition) is 5. The maximum absolute atomic E-state index is 5.47. The highest BCUT2D eigenvalue weighted by Gasteiger charge is 2.19. The molecule has 0 saturated carbocycles. The maximum atomic E-state index is 5.47. The Morgan fingerprint density at radius 2 is 2.05 bits per heavy atom. The Morgan fingerprint density at radius 3 is 2.70 bits per heavy atom. The number of aromatic nitrogens is 2. The van der Waals surface area contributed by atoms with Crippen LogP contribution in [0, 0.1) is 6.92 Å². The number of rotatable bonds is 6. The number of aryl methyl sites for hydroxylation is 1. The quantitative estimate of drug-likeness (QED) is 0.866. The van der Waals surface area contributed by atoms with E-state index >= 15 is 0 Å². The Kier molecular flexibility index (Phi) is 5.59. The van der Waals surface area contributed by atoms with Crippen molar-refractivity contribution in [2.75, 3.05) is 31.6 Å². The van der Waals surface area contributed by atoms with Crippen molar-refractivity contribution in [3.8, 4) is 5.88 Å². The smallest absolute Gasteiger partial charge is 0.218 e. The van der Waals surface area contributed by atoms with E-state index in [4.69, 9.17) is 4.74 Å². The molecular weight excluding hydrogens is 252 g/mol. The molecule has 1 saturated heterocycles. The number of nitrogens with zero attached hydrogens (tertiary/aromatic N) is 3. The van der Waals surface area contributed by atoms with Crippen molar-refractivity contribution in [1.82, 2.24) is 14.9 Å². The number of piperidine rings is 1. The van der Waals surface area contributed by atoms with Crippen molar-refractivity contribution in [3.63, 3.8) is 0 Å².